The molecule has 1 aromatic heterocycles. The Hall–Kier alpha value is -1.92. The number of esters is 1. The number of hydrogen-bond donors (Lipinski definition) is 2. The first-order valence-electron chi connectivity index (χ1n) is 5.43. The van der Waals surface area contributed by atoms with E-state index in [1.807, 2.05) is 0 Å². The molecule has 0 spiro atoms. The zero-order valence-corrected chi connectivity index (χ0v) is 10.4. The van der Waals surface area contributed by atoms with Gasteiger partial charge in [-0.05, 0) is 13.8 Å². The maximum absolute atomic E-state index is 13.5. The lowest BCUT2D eigenvalue weighted by Gasteiger charge is -2.14. The first kappa shape index (κ1) is 14.1. The highest BCUT2D eigenvalue weighted by Crippen LogP contribution is 2.19. The van der Waals surface area contributed by atoms with Gasteiger partial charge in [0.2, 0.25) is 0 Å². The van der Waals surface area contributed by atoms with Crippen LogP contribution in [0.5, 0.6) is 0 Å². The molecule has 5 nitrogen and oxygen atoms in total. The molecule has 1 heterocycles. The third-order valence-corrected chi connectivity index (χ3v) is 2.18. The summed E-state index contributed by atoms with van der Waals surface area (Å²) in [7, 11) is 1.22. The van der Waals surface area contributed by atoms with Gasteiger partial charge in [-0.3, -0.25) is 0 Å². The van der Waals surface area contributed by atoms with E-state index in [-0.39, 0.29) is 11.6 Å². The van der Waals surface area contributed by atoms with Crippen LogP contribution in [0.4, 0.5) is 20.4 Å². The third kappa shape index (κ3) is 3.28. The molecule has 2 N–H and O–H groups in total. The maximum atomic E-state index is 13.5. The van der Waals surface area contributed by atoms with Crippen LogP contribution < -0.4 is 10.6 Å². The standard InChI is InChI=1S/C11H15F2N3O2/c1-4-14-9-7(12)5-8(13)10(16-9)15-6(2)11(17)18-3/h5-6H,4H2,1-3H3,(H2,14,15,16). The summed E-state index contributed by atoms with van der Waals surface area (Å²) in [5, 5.41) is 5.17. The molecule has 0 aliphatic carbocycles. The van der Waals surface area contributed by atoms with Gasteiger partial charge in [0.15, 0.2) is 23.3 Å². The predicted octanol–water partition coefficient (Wildman–Crippen LogP) is 1.76. The van der Waals surface area contributed by atoms with Crippen LogP contribution in [0.2, 0.25) is 0 Å². The van der Waals surface area contributed by atoms with E-state index in [1.54, 1.807) is 6.92 Å². The van der Waals surface area contributed by atoms with Gasteiger partial charge in [0.1, 0.15) is 6.04 Å². The monoisotopic (exact) mass is 259 g/mol. The van der Waals surface area contributed by atoms with Gasteiger partial charge >= 0.3 is 5.97 Å². The molecule has 1 unspecified atom stereocenters. The van der Waals surface area contributed by atoms with Crippen molar-refractivity contribution in [2.75, 3.05) is 24.3 Å². The van der Waals surface area contributed by atoms with Crippen molar-refractivity contribution in [3.05, 3.63) is 17.7 Å². The van der Waals surface area contributed by atoms with E-state index in [0.717, 1.165) is 0 Å². The highest BCUT2D eigenvalue weighted by atomic mass is 19.1. The van der Waals surface area contributed by atoms with Gasteiger partial charge in [0.05, 0.1) is 7.11 Å². The van der Waals surface area contributed by atoms with Gasteiger partial charge < -0.3 is 15.4 Å². The van der Waals surface area contributed by atoms with Crippen LogP contribution in [0, 0.1) is 11.6 Å². The summed E-state index contributed by atoms with van der Waals surface area (Å²) in [4.78, 5) is 14.9. The first-order chi connectivity index (χ1) is 8.49. The van der Waals surface area contributed by atoms with E-state index >= 15 is 0 Å². The molecular formula is C11H15F2N3O2. The van der Waals surface area contributed by atoms with Gasteiger partial charge in [-0.25, -0.2) is 18.6 Å². The Bertz CT molecular complexity index is 441. The normalized spacial score (nSPS) is 11.8. The number of halogens is 2. The minimum atomic E-state index is -0.870. The smallest absolute Gasteiger partial charge is 0.328 e. The molecule has 0 aromatic carbocycles. The molecule has 0 saturated heterocycles. The van der Waals surface area contributed by atoms with Crippen molar-refractivity contribution in [2.24, 2.45) is 0 Å². The Kier molecular flexibility index (Phi) is 4.82. The maximum Gasteiger partial charge on any atom is 0.328 e. The summed E-state index contributed by atoms with van der Waals surface area (Å²) in [5.41, 5.74) is 0. The number of pyridine rings is 1. The minimum absolute atomic E-state index is 0.0709. The molecule has 18 heavy (non-hydrogen) atoms. The number of methoxy groups -OCH3 is 1. The van der Waals surface area contributed by atoms with Crippen LogP contribution in [0.25, 0.3) is 0 Å². The number of carbonyl (C=O) groups excluding carboxylic acids is 1. The Morgan fingerprint density at radius 2 is 2.06 bits per heavy atom. The summed E-state index contributed by atoms with van der Waals surface area (Å²) in [6, 6.07) is -0.0749. The highest BCUT2D eigenvalue weighted by molar-refractivity contribution is 5.78. The fraction of sp³-hybridized carbons (Fsp3) is 0.455. The van der Waals surface area contributed by atoms with E-state index < -0.39 is 23.6 Å². The highest BCUT2D eigenvalue weighted by Gasteiger charge is 2.17. The lowest BCUT2D eigenvalue weighted by Crippen LogP contribution is -2.28. The van der Waals surface area contributed by atoms with Crippen molar-refractivity contribution in [1.82, 2.24) is 4.98 Å². The number of carbonyl (C=O) groups is 1. The van der Waals surface area contributed by atoms with Crippen LogP contribution in [-0.2, 0) is 9.53 Å². The Balaban J connectivity index is 2.94. The van der Waals surface area contributed by atoms with Crippen molar-refractivity contribution >= 4 is 17.6 Å². The first-order valence-corrected chi connectivity index (χ1v) is 5.43. The van der Waals surface area contributed by atoms with E-state index in [2.05, 4.69) is 20.4 Å². The van der Waals surface area contributed by atoms with Gasteiger partial charge in [0.25, 0.3) is 0 Å². The molecule has 0 aliphatic rings. The molecule has 0 radical (unpaired) electrons. The van der Waals surface area contributed by atoms with Gasteiger partial charge in [-0.1, -0.05) is 0 Å². The zero-order chi connectivity index (χ0) is 13.7. The van der Waals surface area contributed by atoms with Crippen LogP contribution in [-0.4, -0.2) is 30.6 Å². The van der Waals surface area contributed by atoms with Crippen molar-refractivity contribution in [3.8, 4) is 0 Å². The average Bonchev–Trinajstić information content (AvgIpc) is 2.34. The van der Waals surface area contributed by atoms with Gasteiger partial charge in [0, 0.05) is 12.6 Å². The second-order valence-corrected chi connectivity index (χ2v) is 3.57. The quantitative estimate of drug-likeness (QED) is 0.789. The number of anilines is 2. The average molecular weight is 259 g/mol. The minimum Gasteiger partial charge on any atom is -0.467 e. The second kappa shape index (κ2) is 6.13. The summed E-state index contributed by atoms with van der Waals surface area (Å²) < 4.78 is 31.2. The Labute approximate surface area is 104 Å². The van der Waals surface area contributed by atoms with Gasteiger partial charge in [-0.15, -0.1) is 0 Å². The molecule has 7 heteroatoms. The largest absolute Gasteiger partial charge is 0.467 e. The summed E-state index contributed by atoms with van der Waals surface area (Å²) in [5.74, 6) is -2.50. The fourth-order valence-corrected chi connectivity index (χ4v) is 1.30. The molecule has 1 aromatic rings. The van der Waals surface area contributed by atoms with E-state index in [1.165, 1.54) is 14.0 Å². The molecule has 0 fully saturated rings. The van der Waals surface area contributed by atoms with Crippen LogP contribution in [0.1, 0.15) is 13.8 Å². The number of hydrogen-bond acceptors (Lipinski definition) is 5. The zero-order valence-electron chi connectivity index (χ0n) is 10.4. The van der Waals surface area contributed by atoms with Crippen LogP contribution in [0.15, 0.2) is 6.07 Å². The van der Waals surface area contributed by atoms with Crippen molar-refractivity contribution in [2.45, 2.75) is 19.9 Å². The SMILES string of the molecule is CCNc1nc(NC(C)C(=O)OC)c(F)cc1F. The number of nitrogens with zero attached hydrogens (tertiary/aromatic N) is 1. The number of ether oxygens (including phenoxy) is 1. The molecule has 1 rings (SSSR count). The van der Waals surface area contributed by atoms with Crippen molar-refractivity contribution in [3.63, 3.8) is 0 Å². The Morgan fingerprint density at radius 3 is 2.61 bits per heavy atom. The van der Waals surface area contributed by atoms with Crippen LogP contribution in [0.3, 0.4) is 0 Å². The Morgan fingerprint density at radius 1 is 1.44 bits per heavy atom. The summed E-state index contributed by atoms with van der Waals surface area (Å²) in [6.45, 7) is 3.69. The summed E-state index contributed by atoms with van der Waals surface area (Å²) >= 11 is 0. The van der Waals surface area contributed by atoms with Crippen LogP contribution >= 0.6 is 0 Å². The molecule has 0 bridgehead atoms. The fourth-order valence-electron chi connectivity index (χ4n) is 1.30. The number of nitrogens with one attached hydrogen (secondary N) is 2. The van der Waals surface area contributed by atoms with Crippen molar-refractivity contribution < 1.29 is 18.3 Å². The third-order valence-electron chi connectivity index (χ3n) is 2.18. The topological polar surface area (TPSA) is 63.2 Å². The number of rotatable bonds is 5. The number of aromatic nitrogens is 1. The molecule has 0 saturated carbocycles. The molecular weight excluding hydrogens is 244 g/mol. The van der Waals surface area contributed by atoms with Crippen molar-refractivity contribution in [1.29, 1.82) is 0 Å². The van der Waals surface area contributed by atoms with E-state index in [0.29, 0.717) is 12.6 Å². The van der Waals surface area contributed by atoms with E-state index in [4.69, 9.17) is 0 Å². The molecule has 100 valence electrons. The lowest BCUT2D eigenvalue weighted by molar-refractivity contribution is -0.141. The molecule has 1 atom stereocenters. The molecule has 0 amide bonds. The second-order valence-electron chi connectivity index (χ2n) is 3.57. The van der Waals surface area contributed by atoms with Gasteiger partial charge in [-0.2, -0.15) is 0 Å². The summed E-state index contributed by atoms with van der Waals surface area (Å²) in [6.07, 6.45) is 0. The predicted molar refractivity (Wildman–Crippen MR) is 63.4 cm³/mol. The van der Waals surface area contributed by atoms with E-state index in [9.17, 15) is 13.6 Å². The lowest BCUT2D eigenvalue weighted by atomic mass is 10.3. The molecule has 0 aliphatic heterocycles.